The maximum Gasteiger partial charge on any atom is 0.435 e. The van der Waals surface area contributed by atoms with Gasteiger partial charge in [0.2, 0.25) is 11.7 Å². The molecule has 2 aromatic rings. The summed E-state index contributed by atoms with van der Waals surface area (Å²) in [7, 11) is 1.16. The summed E-state index contributed by atoms with van der Waals surface area (Å²) in [4.78, 5) is 19.3. The molecule has 1 fully saturated rings. The van der Waals surface area contributed by atoms with E-state index in [4.69, 9.17) is 4.74 Å². The van der Waals surface area contributed by atoms with Gasteiger partial charge >= 0.3 is 17.7 Å². The Labute approximate surface area is 153 Å². The van der Waals surface area contributed by atoms with Gasteiger partial charge in [-0.25, -0.2) is 18.4 Å². The van der Waals surface area contributed by atoms with Crippen molar-refractivity contribution < 1.29 is 31.6 Å². The van der Waals surface area contributed by atoms with Gasteiger partial charge in [-0.2, -0.15) is 23.3 Å². The highest BCUT2D eigenvalue weighted by Crippen LogP contribution is 2.39. The van der Waals surface area contributed by atoms with E-state index in [-0.39, 0.29) is 18.9 Å². The summed E-state index contributed by atoms with van der Waals surface area (Å²) in [5, 5.41) is 14.8. The Balaban J connectivity index is 1.95. The number of alkyl halides is 5. The average Bonchev–Trinajstić information content (AvgIpc) is 2.95. The van der Waals surface area contributed by atoms with Crippen molar-refractivity contribution in [3.63, 3.8) is 0 Å². The molecule has 0 aliphatic carbocycles. The summed E-state index contributed by atoms with van der Waals surface area (Å²) in [6, 6.07) is 0.562. The number of halogens is 5. The van der Waals surface area contributed by atoms with Gasteiger partial charge in [-0.3, -0.25) is 10.1 Å². The average molecular weight is 408 g/mol. The minimum absolute atomic E-state index is 0.186. The number of piperidine rings is 1. The molecular weight excluding hydrogens is 395 g/mol. The molecule has 152 valence electrons. The van der Waals surface area contributed by atoms with E-state index >= 15 is 0 Å². The Bertz CT molecular complexity index is 890. The van der Waals surface area contributed by atoms with Gasteiger partial charge in [0.15, 0.2) is 5.69 Å². The number of hydrogen-bond acceptors (Lipinski definition) is 7. The van der Waals surface area contributed by atoms with E-state index in [1.807, 2.05) is 0 Å². The Kier molecular flexibility index (Phi) is 4.81. The van der Waals surface area contributed by atoms with Crippen LogP contribution < -0.4 is 9.64 Å². The predicted octanol–water partition coefficient (Wildman–Crippen LogP) is 3.16. The minimum Gasteiger partial charge on any atom is -0.415 e. The standard InChI is InChI=1S/C14H13F5N6O3/c1-23-9(6-8(22-23)14(17,18)19)28-12-10(25(26)27)11(20-7-21-12)24-4-2-13(15,16)3-5-24/h6-7H,2-5H2,1H3. The zero-order valence-corrected chi connectivity index (χ0v) is 14.3. The van der Waals surface area contributed by atoms with E-state index in [9.17, 15) is 32.1 Å². The summed E-state index contributed by atoms with van der Waals surface area (Å²) < 4.78 is 70.9. The summed E-state index contributed by atoms with van der Waals surface area (Å²) in [5.74, 6) is -4.18. The van der Waals surface area contributed by atoms with Crippen LogP contribution in [0.3, 0.4) is 0 Å². The molecular formula is C14H13F5N6O3. The maximum absolute atomic E-state index is 13.3. The molecule has 3 heterocycles. The van der Waals surface area contributed by atoms with Gasteiger partial charge in [0.25, 0.3) is 5.92 Å². The fourth-order valence-corrected chi connectivity index (χ4v) is 2.65. The van der Waals surface area contributed by atoms with Crippen molar-refractivity contribution in [2.75, 3.05) is 18.0 Å². The van der Waals surface area contributed by atoms with E-state index in [1.165, 1.54) is 4.90 Å². The van der Waals surface area contributed by atoms with Gasteiger partial charge in [-0.1, -0.05) is 0 Å². The molecule has 0 N–H and O–H groups in total. The Morgan fingerprint density at radius 3 is 2.43 bits per heavy atom. The predicted molar refractivity (Wildman–Crippen MR) is 83.4 cm³/mol. The third-order valence-corrected chi connectivity index (χ3v) is 4.08. The molecule has 3 rings (SSSR count). The first kappa shape index (κ1) is 19.7. The molecule has 9 nitrogen and oxygen atoms in total. The maximum atomic E-state index is 13.3. The molecule has 1 aliphatic heterocycles. The van der Waals surface area contributed by atoms with E-state index in [0.717, 1.165) is 18.1 Å². The summed E-state index contributed by atoms with van der Waals surface area (Å²) >= 11 is 0. The topological polar surface area (TPSA) is 99.2 Å². The van der Waals surface area contributed by atoms with Crippen molar-refractivity contribution in [1.82, 2.24) is 19.7 Å². The van der Waals surface area contributed by atoms with E-state index in [1.54, 1.807) is 0 Å². The molecule has 0 bridgehead atoms. The zero-order chi connectivity index (χ0) is 20.7. The monoisotopic (exact) mass is 408 g/mol. The SMILES string of the molecule is Cn1nc(C(F)(F)F)cc1Oc1ncnc(N2CCC(F)(F)CC2)c1[N+](=O)[O-]. The Morgan fingerprint density at radius 1 is 1.25 bits per heavy atom. The molecule has 0 aromatic carbocycles. The van der Waals surface area contributed by atoms with Gasteiger partial charge in [0.1, 0.15) is 6.33 Å². The molecule has 1 saturated heterocycles. The van der Waals surface area contributed by atoms with Crippen LogP contribution in [0.5, 0.6) is 11.8 Å². The summed E-state index contributed by atoms with van der Waals surface area (Å²) in [6.45, 7) is -0.373. The van der Waals surface area contributed by atoms with Gasteiger partial charge in [0.05, 0.1) is 4.92 Å². The molecule has 2 aromatic heterocycles. The zero-order valence-electron chi connectivity index (χ0n) is 14.3. The molecule has 0 spiro atoms. The fraction of sp³-hybridized carbons (Fsp3) is 0.500. The molecule has 0 atom stereocenters. The second kappa shape index (κ2) is 6.83. The van der Waals surface area contributed by atoms with Gasteiger partial charge in [-0.05, 0) is 0 Å². The minimum atomic E-state index is -4.73. The van der Waals surface area contributed by atoms with Gasteiger partial charge in [0, 0.05) is 39.0 Å². The van der Waals surface area contributed by atoms with Crippen LogP contribution >= 0.6 is 0 Å². The lowest BCUT2D eigenvalue weighted by molar-refractivity contribution is -0.385. The second-order valence-electron chi connectivity index (χ2n) is 6.04. The van der Waals surface area contributed by atoms with Crippen molar-refractivity contribution in [1.29, 1.82) is 0 Å². The second-order valence-corrected chi connectivity index (χ2v) is 6.04. The summed E-state index contributed by atoms with van der Waals surface area (Å²) in [5.41, 5.74) is -1.98. The van der Waals surface area contributed by atoms with E-state index < -0.39 is 53.0 Å². The normalized spacial score (nSPS) is 16.9. The Morgan fingerprint density at radius 2 is 1.89 bits per heavy atom. The van der Waals surface area contributed by atoms with Gasteiger partial charge in [-0.15, -0.1) is 0 Å². The van der Waals surface area contributed by atoms with Crippen LogP contribution in [0.1, 0.15) is 18.5 Å². The number of nitrogens with zero attached hydrogens (tertiary/aromatic N) is 6. The third-order valence-electron chi connectivity index (χ3n) is 4.08. The molecule has 0 radical (unpaired) electrons. The first-order valence-corrected chi connectivity index (χ1v) is 7.89. The molecule has 1 aliphatic rings. The molecule has 0 unspecified atom stereocenters. The quantitative estimate of drug-likeness (QED) is 0.435. The number of aromatic nitrogens is 4. The van der Waals surface area contributed by atoms with Crippen molar-refractivity contribution >= 4 is 11.5 Å². The summed E-state index contributed by atoms with van der Waals surface area (Å²) in [6.07, 6.45) is -4.85. The smallest absolute Gasteiger partial charge is 0.415 e. The number of rotatable bonds is 4. The lowest BCUT2D eigenvalue weighted by Gasteiger charge is -2.32. The van der Waals surface area contributed by atoms with Crippen molar-refractivity contribution in [3.05, 3.63) is 28.2 Å². The fourth-order valence-electron chi connectivity index (χ4n) is 2.65. The third kappa shape index (κ3) is 3.94. The largest absolute Gasteiger partial charge is 0.435 e. The first-order chi connectivity index (χ1) is 13.0. The van der Waals surface area contributed by atoms with Crippen LogP contribution in [0.25, 0.3) is 0 Å². The van der Waals surface area contributed by atoms with Crippen LogP contribution in [-0.2, 0) is 13.2 Å². The van der Waals surface area contributed by atoms with Crippen LogP contribution in [0.15, 0.2) is 12.4 Å². The van der Waals surface area contributed by atoms with Crippen molar-refractivity contribution in [2.24, 2.45) is 7.05 Å². The lowest BCUT2D eigenvalue weighted by atomic mass is 10.1. The van der Waals surface area contributed by atoms with E-state index in [2.05, 4.69) is 15.1 Å². The molecule has 0 saturated carbocycles. The number of nitro groups is 1. The van der Waals surface area contributed by atoms with E-state index in [0.29, 0.717) is 6.07 Å². The van der Waals surface area contributed by atoms with Crippen molar-refractivity contribution in [3.8, 4) is 11.8 Å². The number of aryl methyl sites for hydroxylation is 1. The van der Waals surface area contributed by atoms with Gasteiger partial charge < -0.3 is 9.64 Å². The highest BCUT2D eigenvalue weighted by atomic mass is 19.4. The van der Waals surface area contributed by atoms with Crippen LogP contribution in [0.4, 0.5) is 33.5 Å². The number of ether oxygens (including phenoxy) is 1. The lowest BCUT2D eigenvalue weighted by Crippen LogP contribution is -2.40. The highest BCUT2D eigenvalue weighted by molar-refractivity contribution is 5.63. The van der Waals surface area contributed by atoms with Crippen LogP contribution in [-0.4, -0.2) is 43.7 Å². The highest BCUT2D eigenvalue weighted by Gasteiger charge is 2.39. The molecule has 14 heteroatoms. The number of anilines is 1. The molecule has 0 amide bonds. The van der Waals surface area contributed by atoms with Crippen LogP contribution in [0, 0.1) is 10.1 Å². The van der Waals surface area contributed by atoms with Crippen LogP contribution in [0.2, 0.25) is 0 Å². The first-order valence-electron chi connectivity index (χ1n) is 7.89. The van der Waals surface area contributed by atoms with Crippen molar-refractivity contribution in [2.45, 2.75) is 24.9 Å². The number of hydrogen-bond donors (Lipinski definition) is 0. The Hall–Kier alpha value is -3.06. The molecule has 28 heavy (non-hydrogen) atoms.